The molecule has 1 atom stereocenters. The van der Waals surface area contributed by atoms with Crippen LogP contribution in [0.5, 0.6) is 0 Å². The van der Waals surface area contributed by atoms with E-state index in [2.05, 4.69) is 29.0 Å². The van der Waals surface area contributed by atoms with Crippen molar-refractivity contribution in [3.05, 3.63) is 23.0 Å². The smallest absolute Gasteiger partial charge is 0.253 e. The van der Waals surface area contributed by atoms with Gasteiger partial charge in [-0.2, -0.15) is 0 Å². The number of rotatable bonds is 4. The molecule has 1 aliphatic rings. The van der Waals surface area contributed by atoms with E-state index >= 15 is 0 Å². The summed E-state index contributed by atoms with van der Waals surface area (Å²) in [6.07, 6.45) is 2.53. The first kappa shape index (κ1) is 15.1. The SMILES string of the molecule is CC(C)N1CCC(CNC(=O)c2cc(Cl)ncc2N)C1. The Bertz CT molecular complexity index is 492. The molecule has 0 aliphatic carbocycles. The van der Waals surface area contributed by atoms with Crippen molar-refractivity contribution < 1.29 is 4.79 Å². The Morgan fingerprint density at radius 1 is 1.65 bits per heavy atom. The van der Waals surface area contributed by atoms with Gasteiger partial charge in [-0.3, -0.25) is 4.79 Å². The fourth-order valence-electron chi connectivity index (χ4n) is 2.47. The molecule has 1 aliphatic heterocycles. The predicted octanol–water partition coefficient (Wildman–Crippen LogP) is 1.78. The van der Waals surface area contributed by atoms with Crippen molar-refractivity contribution in [2.45, 2.75) is 26.3 Å². The Morgan fingerprint density at radius 2 is 2.40 bits per heavy atom. The van der Waals surface area contributed by atoms with Gasteiger partial charge in [-0.25, -0.2) is 4.98 Å². The number of nitrogens with one attached hydrogen (secondary N) is 1. The van der Waals surface area contributed by atoms with Gasteiger partial charge in [-0.15, -0.1) is 0 Å². The number of hydrogen-bond acceptors (Lipinski definition) is 4. The number of anilines is 1. The van der Waals surface area contributed by atoms with Crippen LogP contribution in [0.15, 0.2) is 12.3 Å². The molecule has 1 amide bonds. The first-order valence-electron chi connectivity index (χ1n) is 6.90. The van der Waals surface area contributed by atoms with Gasteiger partial charge < -0.3 is 16.0 Å². The number of nitrogen functional groups attached to an aromatic ring is 1. The molecule has 1 saturated heterocycles. The van der Waals surface area contributed by atoms with Crippen LogP contribution in [-0.2, 0) is 0 Å². The van der Waals surface area contributed by atoms with Crippen molar-refractivity contribution in [3.63, 3.8) is 0 Å². The van der Waals surface area contributed by atoms with E-state index in [4.69, 9.17) is 17.3 Å². The topological polar surface area (TPSA) is 71.2 Å². The van der Waals surface area contributed by atoms with Crippen LogP contribution >= 0.6 is 11.6 Å². The van der Waals surface area contributed by atoms with Crippen molar-refractivity contribution >= 4 is 23.2 Å². The monoisotopic (exact) mass is 296 g/mol. The molecule has 0 aromatic carbocycles. The highest BCUT2D eigenvalue weighted by Gasteiger charge is 2.24. The molecule has 3 N–H and O–H groups in total. The molecule has 6 heteroatoms. The van der Waals surface area contributed by atoms with E-state index in [0.29, 0.717) is 29.8 Å². The second-order valence-electron chi connectivity index (χ2n) is 5.55. The van der Waals surface area contributed by atoms with Gasteiger partial charge in [-0.1, -0.05) is 11.6 Å². The maximum Gasteiger partial charge on any atom is 0.253 e. The zero-order valence-electron chi connectivity index (χ0n) is 11.9. The molecule has 0 spiro atoms. The Labute approximate surface area is 124 Å². The number of aromatic nitrogens is 1. The largest absolute Gasteiger partial charge is 0.397 e. The molecular weight excluding hydrogens is 276 g/mol. The fourth-order valence-corrected chi connectivity index (χ4v) is 2.63. The molecular formula is C14H21ClN4O. The van der Waals surface area contributed by atoms with Crippen LogP contribution in [0, 0.1) is 5.92 Å². The Balaban J connectivity index is 1.88. The second kappa shape index (κ2) is 6.41. The second-order valence-corrected chi connectivity index (χ2v) is 5.93. The van der Waals surface area contributed by atoms with E-state index in [9.17, 15) is 4.79 Å². The lowest BCUT2D eigenvalue weighted by Gasteiger charge is -2.20. The summed E-state index contributed by atoms with van der Waals surface area (Å²) >= 11 is 5.79. The van der Waals surface area contributed by atoms with Gasteiger partial charge in [0.25, 0.3) is 5.91 Å². The van der Waals surface area contributed by atoms with Crippen LogP contribution in [0.3, 0.4) is 0 Å². The van der Waals surface area contributed by atoms with E-state index in [1.54, 1.807) is 0 Å². The molecule has 0 saturated carbocycles. The number of nitrogens with two attached hydrogens (primary N) is 1. The average molecular weight is 297 g/mol. The average Bonchev–Trinajstić information content (AvgIpc) is 2.88. The van der Waals surface area contributed by atoms with E-state index in [-0.39, 0.29) is 11.1 Å². The lowest BCUT2D eigenvalue weighted by molar-refractivity contribution is 0.0948. The quantitative estimate of drug-likeness (QED) is 0.831. The van der Waals surface area contributed by atoms with E-state index in [0.717, 1.165) is 19.5 Å². The van der Waals surface area contributed by atoms with Crippen molar-refractivity contribution in [1.29, 1.82) is 0 Å². The summed E-state index contributed by atoms with van der Waals surface area (Å²) in [5.74, 6) is 0.315. The summed E-state index contributed by atoms with van der Waals surface area (Å²) in [5, 5.41) is 3.21. The molecule has 1 aromatic heterocycles. The molecule has 1 aromatic rings. The number of halogens is 1. The third kappa shape index (κ3) is 3.61. The van der Waals surface area contributed by atoms with Crippen LogP contribution < -0.4 is 11.1 Å². The van der Waals surface area contributed by atoms with Gasteiger partial charge in [0, 0.05) is 19.1 Å². The zero-order chi connectivity index (χ0) is 14.7. The van der Waals surface area contributed by atoms with Gasteiger partial charge in [0.15, 0.2) is 0 Å². The summed E-state index contributed by atoms with van der Waals surface area (Å²) in [6.45, 7) is 7.19. The molecule has 2 heterocycles. The van der Waals surface area contributed by atoms with E-state index in [1.807, 2.05) is 0 Å². The molecule has 0 radical (unpaired) electrons. The Hall–Kier alpha value is -1.33. The molecule has 1 unspecified atom stereocenters. The molecule has 2 rings (SSSR count). The number of nitrogens with zero attached hydrogens (tertiary/aromatic N) is 2. The van der Waals surface area contributed by atoms with Gasteiger partial charge >= 0.3 is 0 Å². The highest BCUT2D eigenvalue weighted by molar-refractivity contribution is 6.29. The summed E-state index contributed by atoms with van der Waals surface area (Å²) in [6, 6.07) is 2.06. The van der Waals surface area contributed by atoms with E-state index < -0.39 is 0 Å². The standard InChI is InChI=1S/C14H21ClN4O/c1-9(2)19-4-3-10(8-19)6-18-14(20)11-5-13(15)17-7-12(11)16/h5,7,9-10H,3-4,6,8,16H2,1-2H3,(H,18,20). The van der Waals surface area contributed by atoms with Crippen molar-refractivity contribution in [2.75, 3.05) is 25.4 Å². The van der Waals surface area contributed by atoms with Crippen molar-refractivity contribution in [3.8, 4) is 0 Å². The summed E-state index contributed by atoms with van der Waals surface area (Å²) < 4.78 is 0. The highest BCUT2D eigenvalue weighted by atomic mass is 35.5. The van der Waals surface area contributed by atoms with Crippen LogP contribution in [-0.4, -0.2) is 41.5 Å². The van der Waals surface area contributed by atoms with Gasteiger partial charge in [0.1, 0.15) is 5.15 Å². The Morgan fingerprint density at radius 3 is 3.05 bits per heavy atom. The number of pyridine rings is 1. The predicted molar refractivity (Wildman–Crippen MR) is 80.8 cm³/mol. The van der Waals surface area contributed by atoms with Gasteiger partial charge in [0.2, 0.25) is 0 Å². The Kier molecular flexibility index (Phi) is 4.83. The highest BCUT2D eigenvalue weighted by Crippen LogP contribution is 2.18. The van der Waals surface area contributed by atoms with Gasteiger partial charge in [0.05, 0.1) is 17.4 Å². The maximum atomic E-state index is 12.1. The first-order valence-corrected chi connectivity index (χ1v) is 7.28. The molecule has 5 nitrogen and oxygen atoms in total. The van der Waals surface area contributed by atoms with Gasteiger partial charge in [-0.05, 0) is 38.8 Å². The molecule has 1 fully saturated rings. The zero-order valence-corrected chi connectivity index (χ0v) is 12.7. The van der Waals surface area contributed by atoms with Crippen molar-refractivity contribution in [1.82, 2.24) is 15.2 Å². The number of amides is 1. The molecule has 20 heavy (non-hydrogen) atoms. The maximum absolute atomic E-state index is 12.1. The minimum atomic E-state index is -0.185. The van der Waals surface area contributed by atoms with Crippen molar-refractivity contribution in [2.24, 2.45) is 5.92 Å². The third-order valence-electron chi connectivity index (χ3n) is 3.74. The number of hydrogen-bond donors (Lipinski definition) is 2. The number of carbonyl (C=O) groups excluding carboxylic acids is 1. The number of carbonyl (C=O) groups is 1. The lowest BCUT2D eigenvalue weighted by Crippen LogP contribution is -2.33. The minimum absolute atomic E-state index is 0.185. The first-order chi connectivity index (χ1) is 9.47. The normalized spacial score (nSPS) is 19.5. The minimum Gasteiger partial charge on any atom is -0.397 e. The molecule has 110 valence electrons. The fraction of sp³-hybridized carbons (Fsp3) is 0.571. The van der Waals surface area contributed by atoms with E-state index in [1.165, 1.54) is 12.3 Å². The summed E-state index contributed by atoms with van der Waals surface area (Å²) in [5.41, 5.74) is 6.49. The summed E-state index contributed by atoms with van der Waals surface area (Å²) in [7, 11) is 0. The van der Waals surface area contributed by atoms with Crippen LogP contribution in [0.4, 0.5) is 5.69 Å². The van der Waals surface area contributed by atoms with Crippen LogP contribution in [0.2, 0.25) is 5.15 Å². The summed E-state index contributed by atoms with van der Waals surface area (Å²) in [4.78, 5) is 18.4. The lowest BCUT2D eigenvalue weighted by atomic mass is 10.1. The molecule has 0 bridgehead atoms. The third-order valence-corrected chi connectivity index (χ3v) is 3.95. The van der Waals surface area contributed by atoms with Crippen LogP contribution in [0.25, 0.3) is 0 Å². The number of likely N-dealkylation sites (tertiary alicyclic amines) is 1. The van der Waals surface area contributed by atoms with Crippen LogP contribution in [0.1, 0.15) is 30.6 Å².